The van der Waals surface area contributed by atoms with Crippen molar-refractivity contribution in [3.63, 3.8) is 0 Å². The molecule has 0 aliphatic carbocycles. The van der Waals surface area contributed by atoms with Crippen molar-refractivity contribution in [3.8, 4) is 0 Å². The van der Waals surface area contributed by atoms with E-state index in [2.05, 4.69) is 36.0 Å². The molecule has 2 aliphatic heterocycles. The summed E-state index contributed by atoms with van der Waals surface area (Å²) < 4.78 is 3.76. The van der Waals surface area contributed by atoms with E-state index in [0.29, 0.717) is 18.2 Å². The van der Waals surface area contributed by atoms with Crippen molar-refractivity contribution in [3.05, 3.63) is 59.8 Å². The number of anilines is 1. The molecular formula is C25H29N7O. The zero-order valence-corrected chi connectivity index (χ0v) is 19.2. The number of carbonyl (C=O) groups excluding carboxylic acids is 1. The summed E-state index contributed by atoms with van der Waals surface area (Å²) in [6.07, 6.45) is 10.00. The van der Waals surface area contributed by atoms with Crippen molar-refractivity contribution in [2.75, 3.05) is 24.5 Å². The molecule has 2 atom stereocenters. The summed E-state index contributed by atoms with van der Waals surface area (Å²) in [5.41, 5.74) is 4.15. The van der Waals surface area contributed by atoms with Crippen LogP contribution in [0.1, 0.15) is 60.4 Å². The molecule has 33 heavy (non-hydrogen) atoms. The minimum Gasteiger partial charge on any atom is -0.356 e. The molecule has 2 aliphatic rings. The van der Waals surface area contributed by atoms with E-state index in [1.54, 1.807) is 0 Å². The molecule has 1 amide bonds. The van der Waals surface area contributed by atoms with Crippen molar-refractivity contribution in [2.24, 2.45) is 5.92 Å². The highest BCUT2D eigenvalue weighted by Crippen LogP contribution is 2.33. The molecule has 0 N–H and O–H groups in total. The fourth-order valence-electron chi connectivity index (χ4n) is 5.30. The lowest BCUT2D eigenvalue weighted by Gasteiger charge is -2.34. The second-order valence-corrected chi connectivity index (χ2v) is 9.56. The van der Waals surface area contributed by atoms with Gasteiger partial charge in [0.15, 0.2) is 5.65 Å². The standard InChI is InChI=1S/C25H29N7O/c1-17-9-12-30(14-17)24-18(2)15-32-23(27-24)13-19(28-32)21-7-3-6-11-31(21)25(33)20-16-29-10-5-4-8-22(29)26-20/h4-5,8,10,13,15-17,21H,3,6-7,9,11-12,14H2,1-2H3/t17-,21-/m0/s1. The van der Waals surface area contributed by atoms with Gasteiger partial charge in [0.25, 0.3) is 5.91 Å². The zero-order valence-electron chi connectivity index (χ0n) is 19.2. The quantitative estimate of drug-likeness (QED) is 0.480. The molecule has 6 heterocycles. The highest BCUT2D eigenvalue weighted by atomic mass is 16.2. The van der Waals surface area contributed by atoms with Crippen molar-refractivity contribution < 1.29 is 4.79 Å². The normalized spacial score (nSPS) is 21.4. The third-order valence-electron chi connectivity index (χ3n) is 7.04. The summed E-state index contributed by atoms with van der Waals surface area (Å²) in [4.78, 5) is 27.3. The Hall–Kier alpha value is -3.42. The number of nitrogens with zero attached hydrogens (tertiary/aromatic N) is 7. The van der Waals surface area contributed by atoms with Gasteiger partial charge in [-0.15, -0.1) is 0 Å². The highest BCUT2D eigenvalue weighted by molar-refractivity contribution is 5.93. The number of amides is 1. The second kappa shape index (κ2) is 7.86. The number of pyridine rings is 1. The Morgan fingerprint density at radius 2 is 1.97 bits per heavy atom. The summed E-state index contributed by atoms with van der Waals surface area (Å²) in [6, 6.07) is 7.79. The number of aromatic nitrogens is 5. The molecule has 8 heteroatoms. The molecule has 0 saturated carbocycles. The van der Waals surface area contributed by atoms with Gasteiger partial charge in [0.05, 0.1) is 11.7 Å². The lowest BCUT2D eigenvalue weighted by molar-refractivity contribution is 0.0600. The monoisotopic (exact) mass is 443 g/mol. The number of hydrogen-bond donors (Lipinski definition) is 0. The topological polar surface area (TPSA) is 71.0 Å². The van der Waals surface area contributed by atoms with Crippen LogP contribution in [0, 0.1) is 12.8 Å². The van der Waals surface area contributed by atoms with E-state index in [1.807, 2.05) is 44.4 Å². The Kier molecular flexibility index (Phi) is 4.81. The fourth-order valence-corrected chi connectivity index (χ4v) is 5.30. The van der Waals surface area contributed by atoms with Gasteiger partial charge in [0.2, 0.25) is 0 Å². The van der Waals surface area contributed by atoms with Crippen LogP contribution in [-0.4, -0.2) is 54.4 Å². The van der Waals surface area contributed by atoms with Crippen LogP contribution >= 0.6 is 0 Å². The Labute approximate surface area is 192 Å². The van der Waals surface area contributed by atoms with Gasteiger partial charge in [-0.2, -0.15) is 5.10 Å². The summed E-state index contributed by atoms with van der Waals surface area (Å²) in [6.45, 7) is 7.22. The van der Waals surface area contributed by atoms with Gasteiger partial charge in [-0.1, -0.05) is 13.0 Å². The van der Waals surface area contributed by atoms with E-state index < -0.39 is 0 Å². The molecule has 0 unspecified atom stereocenters. The van der Waals surface area contributed by atoms with Crippen molar-refractivity contribution >= 4 is 23.0 Å². The van der Waals surface area contributed by atoms with E-state index in [-0.39, 0.29) is 11.9 Å². The van der Waals surface area contributed by atoms with Gasteiger partial charge in [-0.3, -0.25) is 4.79 Å². The Morgan fingerprint density at radius 3 is 2.79 bits per heavy atom. The minimum absolute atomic E-state index is 0.0312. The first-order valence-corrected chi connectivity index (χ1v) is 11.9. The van der Waals surface area contributed by atoms with Gasteiger partial charge in [-0.25, -0.2) is 14.5 Å². The van der Waals surface area contributed by atoms with E-state index in [0.717, 1.165) is 60.7 Å². The number of aryl methyl sites for hydroxylation is 1. The lowest BCUT2D eigenvalue weighted by Crippen LogP contribution is -2.38. The van der Waals surface area contributed by atoms with Crippen molar-refractivity contribution in [1.29, 1.82) is 0 Å². The predicted octanol–water partition coefficient (Wildman–Crippen LogP) is 3.90. The Morgan fingerprint density at radius 1 is 1.06 bits per heavy atom. The van der Waals surface area contributed by atoms with Crippen LogP contribution in [0.4, 0.5) is 5.82 Å². The van der Waals surface area contributed by atoms with Gasteiger partial charge in [0, 0.05) is 49.9 Å². The molecule has 0 radical (unpaired) electrons. The van der Waals surface area contributed by atoms with Crippen LogP contribution in [0.15, 0.2) is 42.9 Å². The average molecular weight is 444 g/mol. The van der Waals surface area contributed by atoms with Gasteiger partial charge in [-0.05, 0) is 50.7 Å². The molecule has 6 rings (SSSR count). The SMILES string of the molecule is Cc1cn2nc([C@@H]3CCCCN3C(=O)c3cn4ccccc4n3)cc2nc1N1CC[C@H](C)C1. The molecule has 2 saturated heterocycles. The fraction of sp³-hybridized carbons (Fsp3) is 0.440. The number of fused-ring (bicyclic) bond motifs is 2. The molecule has 0 bridgehead atoms. The van der Waals surface area contributed by atoms with E-state index in [9.17, 15) is 4.79 Å². The first-order valence-electron chi connectivity index (χ1n) is 11.9. The number of likely N-dealkylation sites (tertiary alicyclic amines) is 1. The van der Waals surface area contributed by atoms with E-state index >= 15 is 0 Å². The first kappa shape index (κ1) is 20.2. The van der Waals surface area contributed by atoms with Crippen LogP contribution in [0.3, 0.4) is 0 Å². The molecule has 0 spiro atoms. The molecule has 4 aromatic rings. The summed E-state index contributed by atoms with van der Waals surface area (Å²) in [5.74, 6) is 1.72. The third-order valence-corrected chi connectivity index (χ3v) is 7.04. The van der Waals surface area contributed by atoms with Gasteiger partial charge in [0.1, 0.15) is 17.2 Å². The number of piperidine rings is 1. The van der Waals surface area contributed by atoms with Crippen LogP contribution in [-0.2, 0) is 0 Å². The van der Waals surface area contributed by atoms with Crippen molar-refractivity contribution in [1.82, 2.24) is 28.9 Å². The van der Waals surface area contributed by atoms with Crippen molar-refractivity contribution in [2.45, 2.75) is 45.6 Å². The van der Waals surface area contributed by atoms with Crippen LogP contribution < -0.4 is 4.90 Å². The molecular weight excluding hydrogens is 414 g/mol. The van der Waals surface area contributed by atoms with E-state index in [4.69, 9.17) is 10.1 Å². The number of hydrogen-bond acceptors (Lipinski definition) is 5. The maximum atomic E-state index is 13.5. The largest absolute Gasteiger partial charge is 0.356 e. The zero-order chi connectivity index (χ0) is 22.5. The maximum absolute atomic E-state index is 13.5. The molecule has 8 nitrogen and oxygen atoms in total. The lowest BCUT2D eigenvalue weighted by atomic mass is 9.99. The molecule has 4 aromatic heterocycles. The maximum Gasteiger partial charge on any atom is 0.274 e. The smallest absolute Gasteiger partial charge is 0.274 e. The van der Waals surface area contributed by atoms with Crippen LogP contribution in [0.5, 0.6) is 0 Å². The predicted molar refractivity (Wildman–Crippen MR) is 127 cm³/mol. The summed E-state index contributed by atoms with van der Waals surface area (Å²) in [7, 11) is 0. The van der Waals surface area contributed by atoms with Crippen LogP contribution in [0.2, 0.25) is 0 Å². The third kappa shape index (κ3) is 3.53. The molecule has 0 aromatic carbocycles. The molecule has 170 valence electrons. The average Bonchev–Trinajstić information content (AvgIpc) is 3.55. The Bertz CT molecular complexity index is 1310. The highest BCUT2D eigenvalue weighted by Gasteiger charge is 2.32. The first-order chi connectivity index (χ1) is 16.1. The van der Waals surface area contributed by atoms with Gasteiger partial charge < -0.3 is 14.2 Å². The Balaban J connectivity index is 1.33. The van der Waals surface area contributed by atoms with E-state index in [1.165, 1.54) is 6.42 Å². The van der Waals surface area contributed by atoms with Gasteiger partial charge >= 0.3 is 0 Å². The summed E-state index contributed by atoms with van der Waals surface area (Å²) in [5, 5.41) is 4.87. The number of imidazole rings is 1. The van der Waals surface area contributed by atoms with Crippen LogP contribution in [0.25, 0.3) is 11.3 Å². The number of rotatable bonds is 3. The molecule has 2 fully saturated rings. The second-order valence-electron chi connectivity index (χ2n) is 9.56. The summed E-state index contributed by atoms with van der Waals surface area (Å²) >= 11 is 0. The minimum atomic E-state index is -0.0617. The number of carbonyl (C=O) groups is 1.